The number of thiazole rings is 1. The second-order valence-corrected chi connectivity index (χ2v) is 7.45. The number of nitrogens with one attached hydrogen (secondary N) is 1. The van der Waals surface area contributed by atoms with Crippen LogP contribution in [0.15, 0.2) is 46.3 Å². The Morgan fingerprint density at radius 1 is 1.26 bits per heavy atom. The smallest absolute Gasteiger partial charge is 0.193 e. The largest absolute Gasteiger partial charge is 0.356 e. The molecule has 0 aliphatic carbocycles. The van der Waals surface area contributed by atoms with Gasteiger partial charge in [-0.2, -0.15) is 0 Å². The van der Waals surface area contributed by atoms with E-state index < -0.39 is 0 Å². The molecule has 0 bridgehead atoms. The van der Waals surface area contributed by atoms with Gasteiger partial charge in [0.05, 0.1) is 10.7 Å². The molecule has 6 heteroatoms. The molecule has 0 amide bonds. The molecule has 2 aromatic rings. The van der Waals surface area contributed by atoms with Gasteiger partial charge in [0.1, 0.15) is 0 Å². The van der Waals surface area contributed by atoms with Crippen LogP contribution in [0.1, 0.15) is 36.0 Å². The van der Waals surface area contributed by atoms with E-state index in [2.05, 4.69) is 68.9 Å². The van der Waals surface area contributed by atoms with E-state index >= 15 is 0 Å². The average molecular weight is 496 g/mol. The molecule has 1 aromatic heterocycles. The highest BCUT2D eigenvalue weighted by Crippen LogP contribution is 2.19. The van der Waals surface area contributed by atoms with Crippen molar-refractivity contribution >= 4 is 47.3 Å². The monoisotopic (exact) mass is 496 g/mol. The second kappa shape index (κ2) is 11.4. The number of aryl methyl sites for hydroxylation is 1. The molecule has 1 aromatic carbocycles. The maximum atomic E-state index is 4.63. The summed E-state index contributed by atoms with van der Waals surface area (Å²) < 4.78 is 0. The number of likely N-dealkylation sites (tertiary alicyclic amines) is 1. The molecular weight excluding hydrogens is 467 g/mol. The van der Waals surface area contributed by atoms with Gasteiger partial charge < -0.3 is 10.2 Å². The zero-order chi connectivity index (χ0) is 18.2. The van der Waals surface area contributed by atoms with Crippen LogP contribution in [0.2, 0.25) is 0 Å². The highest BCUT2D eigenvalue weighted by molar-refractivity contribution is 14.0. The fraction of sp³-hybridized carbons (Fsp3) is 0.429. The molecule has 1 fully saturated rings. The van der Waals surface area contributed by atoms with E-state index in [4.69, 9.17) is 0 Å². The summed E-state index contributed by atoms with van der Waals surface area (Å²) in [5.74, 6) is 1.01. The molecule has 1 aliphatic rings. The maximum absolute atomic E-state index is 4.63. The summed E-state index contributed by atoms with van der Waals surface area (Å²) in [6.45, 7) is 5.08. The first-order valence-electron chi connectivity index (χ1n) is 9.42. The average Bonchev–Trinajstić information content (AvgIpc) is 3.15. The van der Waals surface area contributed by atoms with Crippen LogP contribution >= 0.6 is 35.3 Å². The summed E-state index contributed by atoms with van der Waals surface area (Å²) in [6, 6.07) is 10.6. The van der Waals surface area contributed by atoms with Crippen LogP contribution in [0.25, 0.3) is 6.08 Å². The molecular formula is C21H29IN4S. The number of nitrogens with zero attached hydrogens (tertiary/aromatic N) is 3. The number of benzene rings is 1. The van der Waals surface area contributed by atoms with Crippen molar-refractivity contribution in [1.29, 1.82) is 0 Å². The zero-order valence-corrected chi connectivity index (χ0v) is 19.3. The van der Waals surface area contributed by atoms with Gasteiger partial charge >= 0.3 is 0 Å². The Balaban J connectivity index is 0.00000261. The molecule has 146 valence electrons. The molecule has 27 heavy (non-hydrogen) atoms. The quantitative estimate of drug-likeness (QED) is 0.373. The molecule has 0 radical (unpaired) electrons. The minimum atomic E-state index is 0. The molecule has 4 nitrogen and oxygen atoms in total. The number of hydrogen-bond donors (Lipinski definition) is 1. The van der Waals surface area contributed by atoms with Gasteiger partial charge in [-0.05, 0) is 24.8 Å². The van der Waals surface area contributed by atoms with Gasteiger partial charge in [0.25, 0.3) is 0 Å². The van der Waals surface area contributed by atoms with E-state index in [0.29, 0.717) is 0 Å². The van der Waals surface area contributed by atoms with Crippen molar-refractivity contribution in [1.82, 2.24) is 15.2 Å². The van der Waals surface area contributed by atoms with Crippen LogP contribution in [0, 0.1) is 0 Å². The Hall–Kier alpha value is -1.41. The van der Waals surface area contributed by atoms with Crippen molar-refractivity contribution in [2.75, 3.05) is 26.7 Å². The Morgan fingerprint density at radius 3 is 2.63 bits per heavy atom. The minimum Gasteiger partial charge on any atom is -0.356 e. The summed E-state index contributed by atoms with van der Waals surface area (Å²) in [6.07, 6.45) is 6.50. The van der Waals surface area contributed by atoms with Crippen LogP contribution in [0.3, 0.4) is 0 Å². The van der Waals surface area contributed by atoms with E-state index in [1.807, 2.05) is 7.05 Å². The highest BCUT2D eigenvalue weighted by atomic mass is 127. The van der Waals surface area contributed by atoms with Gasteiger partial charge in [-0.15, -0.1) is 35.3 Å². The zero-order valence-electron chi connectivity index (χ0n) is 16.1. The molecule has 0 saturated carbocycles. The first-order valence-corrected chi connectivity index (χ1v) is 10.3. The van der Waals surface area contributed by atoms with Gasteiger partial charge in [-0.1, -0.05) is 48.9 Å². The number of rotatable bonds is 5. The van der Waals surface area contributed by atoms with Gasteiger partial charge in [-0.3, -0.25) is 4.99 Å². The van der Waals surface area contributed by atoms with Crippen LogP contribution in [0.4, 0.5) is 0 Å². The van der Waals surface area contributed by atoms with Crippen LogP contribution < -0.4 is 5.32 Å². The van der Waals surface area contributed by atoms with Crippen molar-refractivity contribution in [3.63, 3.8) is 0 Å². The topological polar surface area (TPSA) is 40.5 Å². The van der Waals surface area contributed by atoms with E-state index in [1.54, 1.807) is 11.3 Å². The van der Waals surface area contributed by atoms with E-state index in [0.717, 1.165) is 51.3 Å². The maximum Gasteiger partial charge on any atom is 0.193 e. The third kappa shape index (κ3) is 6.60. The van der Waals surface area contributed by atoms with Gasteiger partial charge in [-0.25, -0.2) is 4.98 Å². The number of halogens is 1. The molecule has 0 spiro atoms. The van der Waals surface area contributed by atoms with Gasteiger partial charge in [0, 0.05) is 38.5 Å². The fourth-order valence-electron chi connectivity index (χ4n) is 3.20. The molecule has 1 N–H and O–H groups in total. The van der Waals surface area contributed by atoms with Crippen molar-refractivity contribution in [2.24, 2.45) is 4.99 Å². The Bertz CT molecular complexity index is 745. The lowest BCUT2D eigenvalue weighted by atomic mass is 10.0. The molecule has 0 unspecified atom stereocenters. The summed E-state index contributed by atoms with van der Waals surface area (Å²) in [5.41, 5.74) is 4.01. The third-order valence-electron chi connectivity index (χ3n) is 4.65. The summed E-state index contributed by atoms with van der Waals surface area (Å²) in [7, 11) is 1.87. The van der Waals surface area contributed by atoms with Crippen molar-refractivity contribution in [3.05, 3.63) is 57.6 Å². The summed E-state index contributed by atoms with van der Waals surface area (Å²) in [5, 5.41) is 6.89. The summed E-state index contributed by atoms with van der Waals surface area (Å²) in [4.78, 5) is 11.5. The van der Waals surface area contributed by atoms with Crippen molar-refractivity contribution in [2.45, 2.75) is 32.6 Å². The van der Waals surface area contributed by atoms with E-state index in [-0.39, 0.29) is 24.0 Å². The lowest BCUT2D eigenvalue weighted by molar-refractivity contribution is 0.376. The summed E-state index contributed by atoms with van der Waals surface area (Å²) >= 11 is 1.76. The first kappa shape index (κ1) is 21.9. The lowest BCUT2D eigenvalue weighted by Gasteiger charge is -2.31. The molecule has 0 atom stereocenters. The van der Waals surface area contributed by atoms with Crippen LogP contribution in [-0.2, 0) is 12.8 Å². The number of aliphatic imine (C=N–C) groups is 1. The van der Waals surface area contributed by atoms with Crippen LogP contribution in [0.5, 0.6) is 0 Å². The predicted molar refractivity (Wildman–Crippen MR) is 127 cm³/mol. The molecule has 1 saturated heterocycles. The Morgan fingerprint density at radius 2 is 2.00 bits per heavy atom. The number of hydrogen-bond acceptors (Lipinski definition) is 3. The third-order valence-corrected chi connectivity index (χ3v) is 5.70. The lowest BCUT2D eigenvalue weighted by Crippen LogP contribution is -2.45. The van der Waals surface area contributed by atoms with Gasteiger partial charge in [0.15, 0.2) is 5.96 Å². The molecule has 3 rings (SSSR count). The predicted octanol–water partition coefficient (Wildman–Crippen LogP) is 4.62. The molecule has 1 aliphatic heterocycles. The molecule has 2 heterocycles. The highest BCUT2D eigenvalue weighted by Gasteiger charge is 2.17. The SMILES string of the molecule is CCc1nc(CCNC(=NC)N2CCC(=Cc3ccccc3)CC2)cs1.I. The normalized spacial score (nSPS) is 14.7. The van der Waals surface area contributed by atoms with Crippen molar-refractivity contribution in [3.8, 4) is 0 Å². The Labute approximate surface area is 183 Å². The standard InChI is InChI=1S/C21H28N4S.HI/c1-3-20-24-19(16-26-20)9-12-23-21(22-2)25-13-10-18(11-14-25)15-17-7-5-4-6-8-17;/h4-8,15-16H,3,9-14H2,1-2H3,(H,22,23);1H. The van der Waals surface area contributed by atoms with E-state index in [9.17, 15) is 0 Å². The van der Waals surface area contributed by atoms with Gasteiger partial charge in [0.2, 0.25) is 0 Å². The number of guanidine groups is 1. The second-order valence-electron chi connectivity index (χ2n) is 6.51. The number of piperidine rings is 1. The van der Waals surface area contributed by atoms with Crippen molar-refractivity contribution < 1.29 is 0 Å². The Kier molecular flexibility index (Phi) is 9.27. The van der Waals surface area contributed by atoms with Crippen LogP contribution in [-0.4, -0.2) is 42.5 Å². The number of aromatic nitrogens is 1. The van der Waals surface area contributed by atoms with E-state index in [1.165, 1.54) is 21.8 Å². The minimum absolute atomic E-state index is 0. The first-order chi connectivity index (χ1) is 12.8. The fourth-order valence-corrected chi connectivity index (χ4v) is 3.98.